The van der Waals surface area contributed by atoms with Crippen molar-refractivity contribution in [2.45, 2.75) is 88.3 Å². The zero-order chi connectivity index (χ0) is 39.0. The summed E-state index contributed by atoms with van der Waals surface area (Å²) in [5.74, 6) is -6.07. The average Bonchev–Trinajstić information content (AvgIpc) is 3.60. The Hall–Kier alpha value is -3.50. The molecule has 4 aromatic heterocycles. The van der Waals surface area contributed by atoms with E-state index in [-0.39, 0.29) is 63.4 Å². The van der Waals surface area contributed by atoms with E-state index >= 15 is 0 Å². The molecule has 4 aromatic rings. The number of hydrogen-bond donors (Lipinski definition) is 3. The van der Waals surface area contributed by atoms with Gasteiger partial charge in [-0.2, -0.15) is 26.3 Å². The number of rotatable bonds is 6. The highest BCUT2D eigenvalue weighted by Crippen LogP contribution is 2.37. The topological polar surface area (TPSA) is 117 Å². The van der Waals surface area contributed by atoms with Crippen molar-refractivity contribution >= 4 is 73.2 Å². The van der Waals surface area contributed by atoms with Crippen molar-refractivity contribution in [3.05, 3.63) is 34.5 Å². The van der Waals surface area contributed by atoms with Gasteiger partial charge in [0.1, 0.15) is 39.6 Å². The van der Waals surface area contributed by atoms with E-state index in [9.17, 15) is 48.7 Å². The van der Waals surface area contributed by atoms with Gasteiger partial charge in [-0.3, -0.25) is 0 Å². The summed E-state index contributed by atoms with van der Waals surface area (Å²) in [7, 11) is 0. The SMILES string of the molecule is CC(C)(C)OC(=O)N1CCC(Nc2ncnc3sc(CC(F)(F)F)cc23)C(F)(F)C1.Cl.FC(F)(F)Cc1cc2c(NC3CCNCC3(F)F)ncnc2s1. The third kappa shape index (κ3) is 11.5. The minimum atomic E-state index is -4.39. The molecule has 0 saturated carbocycles. The Morgan fingerprint density at radius 2 is 1.31 bits per heavy atom. The third-order valence-electron chi connectivity index (χ3n) is 7.86. The second kappa shape index (κ2) is 16.3. The van der Waals surface area contributed by atoms with Crippen LogP contribution in [0.3, 0.4) is 0 Å². The van der Waals surface area contributed by atoms with Gasteiger partial charge in [0.05, 0.1) is 48.8 Å². The summed E-state index contributed by atoms with van der Waals surface area (Å²) in [6.07, 6.45) is -9.35. The van der Waals surface area contributed by atoms with E-state index in [1.54, 1.807) is 20.8 Å². The van der Waals surface area contributed by atoms with E-state index in [2.05, 4.69) is 35.9 Å². The number of halogens is 11. The Bertz CT molecular complexity index is 1900. The molecule has 6 heterocycles. The van der Waals surface area contributed by atoms with Gasteiger partial charge in [-0.1, -0.05) is 0 Å². The van der Waals surface area contributed by atoms with E-state index in [1.807, 2.05) is 0 Å². The molecule has 1 amide bonds. The molecular formula is C31H35ClF10N8O2S2. The van der Waals surface area contributed by atoms with Gasteiger partial charge in [0.25, 0.3) is 11.8 Å². The Morgan fingerprint density at radius 1 is 0.833 bits per heavy atom. The third-order valence-corrected chi connectivity index (χ3v) is 9.95. The van der Waals surface area contributed by atoms with Crippen LogP contribution in [0.15, 0.2) is 24.8 Å². The standard InChI is InChI=1S/C18H21F5N4O2S.C13H13F5N4S.ClH/c1-16(2,3)29-15(28)27-5-4-12(17(19,20)8-27)26-13-11-6-10(7-18(21,22)23)30-14(11)25-9-24-13;14-12(15)5-19-2-1-9(12)22-10-8-3-7(4-13(16,17)18)23-11(8)21-6-20-10;/h6,9,12H,4-5,7-8H2,1-3H3,(H,24,25,26);3,6,9,19H,1-2,4-5H2,(H,20,21,22);1H. The van der Waals surface area contributed by atoms with Gasteiger partial charge in [-0.15, -0.1) is 35.1 Å². The fourth-order valence-electron chi connectivity index (χ4n) is 5.55. The first kappa shape index (κ1) is 43.2. The second-order valence-corrected chi connectivity index (χ2v) is 15.7. The van der Waals surface area contributed by atoms with Gasteiger partial charge in [-0.05, 0) is 52.3 Å². The summed E-state index contributed by atoms with van der Waals surface area (Å²) in [4.78, 5) is 29.5. The molecule has 2 saturated heterocycles. The van der Waals surface area contributed by atoms with Gasteiger partial charge >= 0.3 is 18.4 Å². The molecule has 0 radical (unpaired) electrons. The van der Waals surface area contributed by atoms with Crippen LogP contribution in [-0.2, 0) is 17.6 Å². The summed E-state index contributed by atoms with van der Waals surface area (Å²) < 4.78 is 138. The van der Waals surface area contributed by atoms with Crippen LogP contribution in [0.1, 0.15) is 43.4 Å². The molecule has 6 rings (SSSR count). The van der Waals surface area contributed by atoms with Gasteiger partial charge in [0, 0.05) is 16.3 Å². The Kier molecular flexibility index (Phi) is 13.1. The number of nitrogens with zero attached hydrogens (tertiary/aromatic N) is 5. The maximum Gasteiger partial charge on any atom is 0.410 e. The average molecular weight is 841 g/mol. The molecule has 300 valence electrons. The Morgan fingerprint density at radius 3 is 1.74 bits per heavy atom. The number of likely N-dealkylation sites (tertiary alicyclic amines) is 1. The molecule has 2 unspecified atom stereocenters. The van der Waals surface area contributed by atoms with Crippen LogP contribution in [0.2, 0.25) is 0 Å². The van der Waals surface area contributed by atoms with Crippen molar-refractivity contribution in [3.63, 3.8) is 0 Å². The lowest BCUT2D eigenvalue weighted by molar-refractivity contribution is -0.127. The number of hydrogen-bond acceptors (Lipinski definition) is 11. The Labute approximate surface area is 315 Å². The van der Waals surface area contributed by atoms with Crippen molar-refractivity contribution in [1.82, 2.24) is 30.2 Å². The van der Waals surface area contributed by atoms with E-state index in [4.69, 9.17) is 4.74 Å². The number of aromatic nitrogens is 4. The molecule has 23 heteroatoms. The quantitative estimate of drug-likeness (QED) is 0.165. The van der Waals surface area contributed by atoms with E-state index in [0.29, 0.717) is 16.8 Å². The van der Waals surface area contributed by atoms with Crippen LogP contribution < -0.4 is 16.0 Å². The summed E-state index contributed by atoms with van der Waals surface area (Å²) in [5.41, 5.74) is -0.804. The molecule has 3 N–H and O–H groups in total. The summed E-state index contributed by atoms with van der Waals surface area (Å²) in [5, 5.41) is 8.53. The summed E-state index contributed by atoms with van der Waals surface area (Å²) >= 11 is 1.73. The van der Waals surface area contributed by atoms with Gasteiger partial charge in [-0.25, -0.2) is 42.3 Å². The van der Waals surface area contributed by atoms with Crippen molar-refractivity contribution < 1.29 is 53.4 Å². The predicted molar refractivity (Wildman–Crippen MR) is 186 cm³/mol. The number of thiophene rings is 2. The lowest BCUT2D eigenvalue weighted by atomic mass is 10.0. The van der Waals surface area contributed by atoms with Gasteiger partial charge in [0.2, 0.25) is 0 Å². The largest absolute Gasteiger partial charge is 0.444 e. The molecule has 2 fully saturated rings. The van der Waals surface area contributed by atoms with Gasteiger partial charge < -0.3 is 25.6 Å². The van der Waals surface area contributed by atoms with Crippen molar-refractivity contribution in [2.75, 3.05) is 36.8 Å². The fourth-order valence-corrected chi connectivity index (χ4v) is 7.61. The number of piperidine rings is 2. The van der Waals surface area contributed by atoms with Crippen molar-refractivity contribution in [1.29, 1.82) is 0 Å². The van der Waals surface area contributed by atoms with E-state index in [0.717, 1.165) is 40.2 Å². The first-order valence-electron chi connectivity index (χ1n) is 16.1. The molecule has 0 aliphatic carbocycles. The molecule has 54 heavy (non-hydrogen) atoms. The number of alkyl halides is 10. The molecule has 2 atom stereocenters. The highest BCUT2D eigenvalue weighted by molar-refractivity contribution is 7.19. The molecule has 0 aromatic carbocycles. The number of anilines is 2. The first-order chi connectivity index (χ1) is 24.5. The van der Waals surface area contributed by atoms with Crippen molar-refractivity contribution in [3.8, 4) is 0 Å². The molecule has 2 aliphatic heterocycles. The molecule has 10 nitrogen and oxygen atoms in total. The second-order valence-electron chi connectivity index (χ2n) is 13.5. The monoisotopic (exact) mass is 840 g/mol. The number of fused-ring (bicyclic) bond motifs is 2. The number of nitrogens with one attached hydrogen (secondary N) is 3. The van der Waals surface area contributed by atoms with Crippen LogP contribution in [-0.4, -0.2) is 99.0 Å². The highest BCUT2D eigenvalue weighted by atomic mass is 35.5. The lowest BCUT2D eigenvalue weighted by Crippen LogP contribution is -2.56. The first-order valence-corrected chi connectivity index (χ1v) is 17.7. The van der Waals surface area contributed by atoms with E-state index in [1.165, 1.54) is 12.1 Å². The zero-order valence-corrected chi connectivity index (χ0v) is 31.1. The normalized spacial score (nSPS) is 20.1. The predicted octanol–water partition coefficient (Wildman–Crippen LogP) is 8.48. The maximum absolute atomic E-state index is 14.7. The van der Waals surface area contributed by atoms with E-state index < -0.39 is 73.9 Å². The molecule has 2 aliphatic rings. The minimum Gasteiger partial charge on any atom is -0.444 e. The van der Waals surface area contributed by atoms with Crippen LogP contribution in [0.5, 0.6) is 0 Å². The van der Waals surface area contributed by atoms with Crippen LogP contribution in [0.4, 0.5) is 60.3 Å². The lowest BCUT2D eigenvalue weighted by Gasteiger charge is -2.39. The van der Waals surface area contributed by atoms with Crippen LogP contribution in [0.25, 0.3) is 20.4 Å². The smallest absolute Gasteiger partial charge is 0.410 e. The summed E-state index contributed by atoms with van der Waals surface area (Å²) in [6.45, 7) is 4.13. The highest BCUT2D eigenvalue weighted by Gasteiger charge is 2.47. The minimum absolute atomic E-state index is 0. The van der Waals surface area contributed by atoms with Crippen molar-refractivity contribution in [2.24, 2.45) is 0 Å². The zero-order valence-electron chi connectivity index (χ0n) is 28.7. The Balaban J connectivity index is 0.000000244. The van der Waals surface area contributed by atoms with Crippen LogP contribution >= 0.6 is 35.1 Å². The molecular weight excluding hydrogens is 806 g/mol. The number of amides is 1. The van der Waals surface area contributed by atoms with Gasteiger partial charge in [0.15, 0.2) is 0 Å². The number of carbonyl (C=O) groups excluding carboxylic acids is 1. The van der Waals surface area contributed by atoms with Crippen LogP contribution in [0, 0.1) is 0 Å². The molecule has 0 bridgehead atoms. The molecule has 0 spiro atoms. The number of carbonyl (C=O) groups is 1. The summed E-state index contributed by atoms with van der Waals surface area (Å²) in [6, 6.07) is 0.117. The fraction of sp³-hybridized carbons (Fsp3) is 0.581. The number of ether oxygens (including phenoxy) is 1. The maximum atomic E-state index is 14.7.